The van der Waals surface area contributed by atoms with Crippen LogP contribution in [0.25, 0.3) is 6.08 Å². The van der Waals surface area contributed by atoms with E-state index in [0.29, 0.717) is 16.8 Å². The number of hydrogen-bond donors (Lipinski definition) is 0. The number of allylic oxidation sites excluding steroid dienone is 1. The van der Waals surface area contributed by atoms with Crippen molar-refractivity contribution in [3.8, 4) is 5.75 Å². The van der Waals surface area contributed by atoms with E-state index < -0.39 is 4.92 Å². The molecule has 0 aliphatic rings. The number of benzene rings is 1. The average molecular weight is 314 g/mol. The maximum Gasteiger partial charge on any atom is 0.312 e. The lowest BCUT2D eigenvalue weighted by Crippen LogP contribution is -2.01. The van der Waals surface area contributed by atoms with Crippen LogP contribution in [0.4, 0.5) is 5.69 Å². The van der Waals surface area contributed by atoms with Crippen molar-refractivity contribution in [2.45, 2.75) is 26.7 Å². The molecular formula is C13H16BrNO3. The van der Waals surface area contributed by atoms with Gasteiger partial charge in [-0.2, -0.15) is 0 Å². The molecule has 0 saturated heterocycles. The van der Waals surface area contributed by atoms with Gasteiger partial charge in [0.05, 0.1) is 11.5 Å². The van der Waals surface area contributed by atoms with Crippen molar-refractivity contribution in [3.05, 3.63) is 38.4 Å². The zero-order chi connectivity index (χ0) is 13.5. The number of nitro benzene ring substituents is 1. The van der Waals surface area contributed by atoms with Gasteiger partial charge in [-0.05, 0) is 18.9 Å². The lowest BCUT2D eigenvalue weighted by molar-refractivity contribution is -0.386. The Balaban J connectivity index is 3.27. The maximum absolute atomic E-state index is 11.0. The second kappa shape index (κ2) is 7.16. The molecule has 4 nitrogen and oxygen atoms in total. The summed E-state index contributed by atoms with van der Waals surface area (Å²) in [5.74, 6) is 0.342. The summed E-state index contributed by atoms with van der Waals surface area (Å²) in [6.07, 6.45) is 5.48. The number of rotatable bonds is 6. The zero-order valence-electron chi connectivity index (χ0n) is 10.5. The molecule has 0 fully saturated rings. The van der Waals surface area contributed by atoms with E-state index in [2.05, 4.69) is 15.9 Å². The Bertz CT molecular complexity index is 458. The van der Waals surface area contributed by atoms with E-state index >= 15 is 0 Å². The highest BCUT2D eigenvalue weighted by Crippen LogP contribution is 2.35. The van der Waals surface area contributed by atoms with E-state index in [1.165, 1.54) is 6.07 Å². The largest absolute Gasteiger partial charge is 0.486 e. The van der Waals surface area contributed by atoms with Crippen LogP contribution < -0.4 is 4.74 Å². The summed E-state index contributed by atoms with van der Waals surface area (Å²) in [5.41, 5.74) is 0.722. The summed E-state index contributed by atoms with van der Waals surface area (Å²) in [4.78, 5) is 10.6. The number of hydrogen-bond acceptors (Lipinski definition) is 3. The molecule has 0 aliphatic heterocycles. The molecule has 0 amide bonds. The van der Waals surface area contributed by atoms with E-state index in [0.717, 1.165) is 18.4 Å². The number of nitro groups is 1. The number of halogens is 1. The quantitative estimate of drug-likeness (QED) is 0.571. The average Bonchev–Trinajstić information content (AvgIpc) is 2.34. The Labute approximate surface area is 115 Å². The van der Waals surface area contributed by atoms with E-state index in [-0.39, 0.29) is 5.69 Å². The van der Waals surface area contributed by atoms with Crippen LogP contribution in [0.2, 0.25) is 0 Å². The normalized spacial score (nSPS) is 10.8. The van der Waals surface area contributed by atoms with Crippen LogP contribution in [-0.2, 0) is 0 Å². The first-order valence-corrected chi connectivity index (χ1v) is 6.66. The fourth-order valence-electron chi connectivity index (χ4n) is 1.47. The molecule has 0 radical (unpaired) electrons. The van der Waals surface area contributed by atoms with Gasteiger partial charge in [-0.15, -0.1) is 0 Å². The molecule has 0 N–H and O–H groups in total. The summed E-state index contributed by atoms with van der Waals surface area (Å²) in [7, 11) is 0. The SMILES string of the molecule is CC/C=C/c1cc(Br)cc([N+](=O)[O-])c1OCCC. The highest BCUT2D eigenvalue weighted by molar-refractivity contribution is 9.10. The third kappa shape index (κ3) is 3.84. The predicted octanol–water partition coefficient (Wildman–Crippen LogP) is 4.57. The van der Waals surface area contributed by atoms with E-state index in [1.807, 2.05) is 32.1 Å². The van der Waals surface area contributed by atoms with Crippen molar-refractivity contribution in [3.63, 3.8) is 0 Å². The first-order valence-electron chi connectivity index (χ1n) is 5.87. The smallest absolute Gasteiger partial charge is 0.312 e. The van der Waals surface area contributed by atoms with Gasteiger partial charge in [0, 0.05) is 16.1 Å². The minimum absolute atomic E-state index is 0.00595. The molecule has 1 aromatic rings. The molecule has 5 heteroatoms. The van der Waals surface area contributed by atoms with Gasteiger partial charge in [0.2, 0.25) is 5.75 Å². The molecule has 0 aliphatic carbocycles. The summed E-state index contributed by atoms with van der Waals surface area (Å²) < 4.78 is 6.19. The minimum Gasteiger partial charge on any atom is -0.486 e. The monoisotopic (exact) mass is 313 g/mol. The molecule has 0 saturated carbocycles. The molecule has 18 heavy (non-hydrogen) atoms. The Hall–Kier alpha value is -1.36. The van der Waals surface area contributed by atoms with Crippen LogP contribution in [0.3, 0.4) is 0 Å². The first kappa shape index (κ1) is 14.7. The van der Waals surface area contributed by atoms with E-state index in [4.69, 9.17) is 4.74 Å². The number of ether oxygens (including phenoxy) is 1. The van der Waals surface area contributed by atoms with Crippen molar-refractivity contribution in [2.24, 2.45) is 0 Å². The Morgan fingerprint density at radius 2 is 2.17 bits per heavy atom. The fourth-order valence-corrected chi connectivity index (χ4v) is 1.93. The first-order chi connectivity index (χ1) is 8.60. The molecule has 1 aromatic carbocycles. The van der Waals surface area contributed by atoms with Gasteiger partial charge in [0.15, 0.2) is 0 Å². The lowest BCUT2D eigenvalue weighted by atomic mass is 10.1. The Kier molecular flexibility index (Phi) is 5.85. The van der Waals surface area contributed by atoms with Crippen molar-refractivity contribution in [1.29, 1.82) is 0 Å². The van der Waals surface area contributed by atoms with Crippen LogP contribution in [0.1, 0.15) is 32.3 Å². The molecule has 0 atom stereocenters. The Morgan fingerprint density at radius 3 is 2.72 bits per heavy atom. The summed E-state index contributed by atoms with van der Waals surface area (Å²) in [6, 6.07) is 3.29. The topological polar surface area (TPSA) is 52.4 Å². The van der Waals surface area contributed by atoms with Gasteiger partial charge in [0.1, 0.15) is 0 Å². The van der Waals surface area contributed by atoms with Gasteiger partial charge in [-0.3, -0.25) is 10.1 Å². The van der Waals surface area contributed by atoms with Crippen molar-refractivity contribution >= 4 is 27.7 Å². The molecule has 0 spiro atoms. The lowest BCUT2D eigenvalue weighted by Gasteiger charge is -2.09. The van der Waals surface area contributed by atoms with Gasteiger partial charge in [-0.1, -0.05) is 41.9 Å². The molecule has 0 heterocycles. The summed E-state index contributed by atoms with van der Waals surface area (Å²) in [6.45, 7) is 4.44. The van der Waals surface area contributed by atoms with Crippen molar-refractivity contribution < 1.29 is 9.66 Å². The zero-order valence-corrected chi connectivity index (χ0v) is 12.1. The molecule has 0 aromatic heterocycles. The minimum atomic E-state index is -0.418. The van der Waals surface area contributed by atoms with Crippen molar-refractivity contribution in [2.75, 3.05) is 6.61 Å². The van der Waals surface area contributed by atoms with Crippen LogP contribution in [0, 0.1) is 10.1 Å². The molecule has 0 bridgehead atoms. The van der Waals surface area contributed by atoms with Crippen LogP contribution in [-0.4, -0.2) is 11.5 Å². The second-order valence-corrected chi connectivity index (χ2v) is 4.68. The van der Waals surface area contributed by atoms with Gasteiger partial charge in [-0.25, -0.2) is 0 Å². The fraction of sp³-hybridized carbons (Fsp3) is 0.385. The maximum atomic E-state index is 11.0. The second-order valence-electron chi connectivity index (χ2n) is 3.76. The van der Waals surface area contributed by atoms with Gasteiger partial charge in [0.25, 0.3) is 0 Å². The Morgan fingerprint density at radius 1 is 1.44 bits per heavy atom. The molecule has 1 rings (SSSR count). The van der Waals surface area contributed by atoms with Crippen LogP contribution in [0.5, 0.6) is 5.75 Å². The predicted molar refractivity (Wildman–Crippen MR) is 75.9 cm³/mol. The molecule has 0 unspecified atom stereocenters. The van der Waals surface area contributed by atoms with Crippen LogP contribution in [0.15, 0.2) is 22.7 Å². The third-order valence-electron chi connectivity index (χ3n) is 2.24. The van der Waals surface area contributed by atoms with Gasteiger partial charge >= 0.3 is 5.69 Å². The highest BCUT2D eigenvalue weighted by Gasteiger charge is 2.19. The van der Waals surface area contributed by atoms with Crippen LogP contribution >= 0.6 is 15.9 Å². The molecular weight excluding hydrogens is 298 g/mol. The van der Waals surface area contributed by atoms with E-state index in [9.17, 15) is 10.1 Å². The third-order valence-corrected chi connectivity index (χ3v) is 2.70. The van der Waals surface area contributed by atoms with Crippen molar-refractivity contribution in [1.82, 2.24) is 0 Å². The van der Waals surface area contributed by atoms with Gasteiger partial charge < -0.3 is 4.74 Å². The van der Waals surface area contributed by atoms with E-state index in [1.54, 1.807) is 0 Å². The highest BCUT2D eigenvalue weighted by atomic mass is 79.9. The standard InChI is InChI=1S/C13H16BrNO3/c1-3-5-6-10-8-11(14)9-12(15(16)17)13(10)18-7-4-2/h5-6,8-9H,3-4,7H2,1-2H3/b6-5+. The molecule has 98 valence electrons. The summed E-state index contributed by atoms with van der Waals surface area (Å²) >= 11 is 3.28. The number of nitrogens with zero attached hydrogens (tertiary/aromatic N) is 1. The summed E-state index contributed by atoms with van der Waals surface area (Å²) in [5, 5.41) is 11.0.